The molecule has 1 aromatic carbocycles. The number of aliphatic hydroxyl groups is 1. The largest absolute Gasteiger partial charge is 0.413 e. The molecule has 3 heterocycles. The van der Waals surface area contributed by atoms with Crippen LogP contribution >= 0.6 is 11.6 Å². The number of benzene rings is 1. The summed E-state index contributed by atoms with van der Waals surface area (Å²) in [5.74, 6) is 0.227. The molecule has 4 rings (SSSR count). The van der Waals surface area contributed by atoms with Crippen LogP contribution in [0.5, 0.6) is 5.75 Å². The molecule has 138 valence electrons. The van der Waals surface area contributed by atoms with E-state index in [1.807, 2.05) is 6.07 Å². The highest BCUT2D eigenvalue weighted by atomic mass is 35.5. The fourth-order valence-corrected chi connectivity index (χ4v) is 2.80. The molecule has 4 N–H and O–H groups in total. The third-order valence-corrected chi connectivity index (χ3v) is 4.19. The number of carbonyl (C=O) groups is 1. The molecule has 0 aliphatic carbocycles. The molecule has 27 heavy (non-hydrogen) atoms. The Labute approximate surface area is 157 Å². The molecule has 0 bridgehead atoms. The molecule has 0 fully saturated rings. The third kappa shape index (κ3) is 3.29. The first-order valence-electron chi connectivity index (χ1n) is 8.12. The number of rotatable bonds is 4. The summed E-state index contributed by atoms with van der Waals surface area (Å²) < 4.78 is 5.28. The highest BCUT2D eigenvalue weighted by Gasteiger charge is 2.16. The number of hydrogen-bond acceptors (Lipinski definition) is 6. The molecule has 10 heteroatoms. The quantitative estimate of drug-likeness (QED) is 0.426. The summed E-state index contributed by atoms with van der Waals surface area (Å²) in [5.41, 5.74) is 2.78. The van der Waals surface area contributed by atoms with Crippen molar-refractivity contribution in [3.05, 3.63) is 35.6 Å². The van der Waals surface area contributed by atoms with Gasteiger partial charge in [-0.15, -0.1) is 0 Å². The Kier molecular flexibility index (Phi) is 4.38. The number of fused-ring (bicyclic) bond motifs is 2. The van der Waals surface area contributed by atoms with E-state index in [2.05, 4.69) is 30.5 Å². The number of hydrogen-bond donors (Lipinski definition) is 4. The van der Waals surface area contributed by atoms with Gasteiger partial charge in [0.2, 0.25) is 0 Å². The van der Waals surface area contributed by atoms with Crippen LogP contribution in [0.25, 0.3) is 33.5 Å². The molecule has 0 saturated heterocycles. The first-order chi connectivity index (χ1) is 13.0. The second kappa shape index (κ2) is 6.86. The van der Waals surface area contributed by atoms with Crippen LogP contribution in [-0.4, -0.2) is 49.0 Å². The van der Waals surface area contributed by atoms with Crippen molar-refractivity contribution in [3.8, 4) is 17.1 Å². The van der Waals surface area contributed by atoms with Crippen LogP contribution in [0.2, 0.25) is 5.02 Å². The molecule has 0 saturated carbocycles. The molecule has 1 amide bonds. The SMILES string of the molecule is C[C@@H](CO)NC(=O)Oc1c[nH]c2ncc(-c3n[nH]c4cc(Cl)ccc34)nc12. The van der Waals surface area contributed by atoms with E-state index < -0.39 is 12.1 Å². The van der Waals surface area contributed by atoms with Gasteiger partial charge in [-0.25, -0.2) is 14.8 Å². The Morgan fingerprint density at radius 3 is 3.11 bits per heavy atom. The number of nitrogens with one attached hydrogen (secondary N) is 3. The van der Waals surface area contributed by atoms with Gasteiger partial charge in [-0.3, -0.25) is 5.10 Å². The minimum absolute atomic E-state index is 0.191. The Bertz CT molecular complexity index is 1140. The van der Waals surface area contributed by atoms with Crippen LogP contribution < -0.4 is 10.1 Å². The van der Waals surface area contributed by atoms with Gasteiger partial charge in [-0.05, 0) is 25.1 Å². The van der Waals surface area contributed by atoms with Crippen molar-refractivity contribution in [1.82, 2.24) is 30.5 Å². The van der Waals surface area contributed by atoms with Crippen molar-refractivity contribution in [3.63, 3.8) is 0 Å². The molecule has 4 aromatic rings. The van der Waals surface area contributed by atoms with Gasteiger partial charge in [0.1, 0.15) is 11.4 Å². The third-order valence-electron chi connectivity index (χ3n) is 3.95. The second-order valence-corrected chi connectivity index (χ2v) is 6.42. The van der Waals surface area contributed by atoms with Crippen LogP contribution in [-0.2, 0) is 0 Å². The Balaban J connectivity index is 1.70. The van der Waals surface area contributed by atoms with E-state index >= 15 is 0 Å². The zero-order chi connectivity index (χ0) is 19.0. The highest BCUT2D eigenvalue weighted by molar-refractivity contribution is 6.31. The molecule has 0 unspecified atom stereocenters. The first-order valence-corrected chi connectivity index (χ1v) is 8.50. The number of aromatic amines is 2. The molecular formula is C17H15ClN6O3. The summed E-state index contributed by atoms with van der Waals surface area (Å²) in [5, 5.41) is 20.2. The Hall–Kier alpha value is -3.17. The first kappa shape index (κ1) is 17.3. The smallest absolute Gasteiger partial charge is 0.406 e. The lowest BCUT2D eigenvalue weighted by molar-refractivity contribution is 0.186. The molecular weight excluding hydrogens is 372 g/mol. The van der Waals surface area contributed by atoms with E-state index in [1.165, 1.54) is 6.20 Å². The van der Waals surface area contributed by atoms with E-state index in [-0.39, 0.29) is 12.4 Å². The molecule has 0 aliphatic heterocycles. The normalized spacial score (nSPS) is 12.4. The second-order valence-electron chi connectivity index (χ2n) is 5.98. The number of carbonyl (C=O) groups excluding carboxylic acids is 1. The number of amides is 1. The van der Waals surface area contributed by atoms with Crippen molar-refractivity contribution in [1.29, 1.82) is 0 Å². The van der Waals surface area contributed by atoms with E-state index in [1.54, 1.807) is 25.3 Å². The standard InChI is InChI=1S/C17H15ClN6O3/c1-8(7-25)21-17(26)27-13-6-20-16-15(13)22-12(5-19-16)14-10-3-2-9(18)4-11(10)23-24-14/h2-6,8,25H,7H2,1H3,(H,19,20)(H,21,26)(H,23,24)/t8-/m0/s1. The van der Waals surface area contributed by atoms with Crippen LogP contribution in [0.4, 0.5) is 4.79 Å². The minimum atomic E-state index is -0.690. The summed E-state index contributed by atoms with van der Waals surface area (Å²) in [4.78, 5) is 23.7. The summed E-state index contributed by atoms with van der Waals surface area (Å²) in [6.45, 7) is 1.46. The number of ether oxygens (including phenoxy) is 1. The van der Waals surface area contributed by atoms with Gasteiger partial charge in [0.15, 0.2) is 16.9 Å². The van der Waals surface area contributed by atoms with Crippen molar-refractivity contribution < 1.29 is 14.6 Å². The highest BCUT2D eigenvalue weighted by Crippen LogP contribution is 2.29. The van der Waals surface area contributed by atoms with Crippen LogP contribution in [0.3, 0.4) is 0 Å². The van der Waals surface area contributed by atoms with Crippen molar-refractivity contribution in [2.24, 2.45) is 0 Å². The number of nitrogens with zero attached hydrogens (tertiary/aromatic N) is 3. The van der Waals surface area contributed by atoms with E-state index in [0.717, 1.165) is 10.9 Å². The molecule has 0 radical (unpaired) electrons. The summed E-state index contributed by atoms with van der Waals surface area (Å²) in [6.07, 6.45) is 2.39. The molecule has 0 aliphatic rings. The minimum Gasteiger partial charge on any atom is -0.406 e. The number of aromatic nitrogens is 5. The lowest BCUT2D eigenvalue weighted by Gasteiger charge is -2.10. The lowest BCUT2D eigenvalue weighted by Crippen LogP contribution is -2.36. The fraction of sp³-hybridized carbons (Fsp3) is 0.176. The predicted octanol–water partition coefficient (Wildman–Crippen LogP) is 2.62. The van der Waals surface area contributed by atoms with Gasteiger partial charge in [-0.2, -0.15) is 5.10 Å². The number of halogens is 1. The van der Waals surface area contributed by atoms with Gasteiger partial charge in [-0.1, -0.05) is 11.6 Å². The van der Waals surface area contributed by atoms with Crippen LogP contribution in [0, 0.1) is 0 Å². The van der Waals surface area contributed by atoms with Crippen LogP contribution in [0.15, 0.2) is 30.6 Å². The predicted molar refractivity (Wildman–Crippen MR) is 99.7 cm³/mol. The van der Waals surface area contributed by atoms with E-state index in [9.17, 15) is 4.79 Å². The van der Waals surface area contributed by atoms with Crippen molar-refractivity contribution >= 4 is 39.8 Å². The topological polar surface area (TPSA) is 129 Å². The van der Waals surface area contributed by atoms with Gasteiger partial charge in [0.05, 0.1) is 24.4 Å². The average molecular weight is 387 g/mol. The fourth-order valence-electron chi connectivity index (χ4n) is 2.62. The Morgan fingerprint density at radius 1 is 1.44 bits per heavy atom. The maximum absolute atomic E-state index is 11.9. The van der Waals surface area contributed by atoms with E-state index in [4.69, 9.17) is 21.4 Å². The van der Waals surface area contributed by atoms with Gasteiger partial charge in [0, 0.05) is 16.6 Å². The molecule has 3 aromatic heterocycles. The van der Waals surface area contributed by atoms with Crippen LogP contribution in [0.1, 0.15) is 6.92 Å². The summed E-state index contributed by atoms with van der Waals surface area (Å²) in [6, 6.07) is 4.97. The van der Waals surface area contributed by atoms with Gasteiger partial charge in [0.25, 0.3) is 0 Å². The number of H-pyrrole nitrogens is 2. The van der Waals surface area contributed by atoms with Crippen molar-refractivity contribution in [2.75, 3.05) is 6.61 Å². The van der Waals surface area contributed by atoms with Gasteiger partial charge < -0.3 is 20.1 Å². The van der Waals surface area contributed by atoms with Gasteiger partial charge >= 0.3 is 6.09 Å². The molecule has 1 atom stereocenters. The van der Waals surface area contributed by atoms with Crippen molar-refractivity contribution in [2.45, 2.75) is 13.0 Å². The lowest BCUT2D eigenvalue weighted by atomic mass is 10.2. The number of aliphatic hydroxyl groups excluding tert-OH is 1. The summed E-state index contributed by atoms with van der Waals surface area (Å²) >= 11 is 6.00. The zero-order valence-electron chi connectivity index (χ0n) is 14.2. The van der Waals surface area contributed by atoms with E-state index in [0.29, 0.717) is 27.6 Å². The zero-order valence-corrected chi connectivity index (χ0v) is 14.9. The maximum Gasteiger partial charge on any atom is 0.413 e. The summed E-state index contributed by atoms with van der Waals surface area (Å²) in [7, 11) is 0. The maximum atomic E-state index is 11.9. The monoisotopic (exact) mass is 386 g/mol. The average Bonchev–Trinajstić information content (AvgIpc) is 3.25. The molecule has 0 spiro atoms. The molecule has 9 nitrogen and oxygen atoms in total. The Morgan fingerprint density at radius 2 is 2.30 bits per heavy atom.